The topological polar surface area (TPSA) is 93.9 Å². The number of hydrogen-bond donors (Lipinski definition) is 2. The summed E-state index contributed by atoms with van der Waals surface area (Å²) in [6, 6.07) is 5.48. The Bertz CT molecular complexity index is 689. The van der Waals surface area contributed by atoms with E-state index in [4.69, 9.17) is 15.2 Å². The number of nitrogens with zero attached hydrogens (tertiary/aromatic N) is 1. The molecule has 0 radical (unpaired) electrons. The highest BCUT2D eigenvalue weighted by atomic mass is 16.6. The molecule has 4 rings (SSSR count). The summed E-state index contributed by atoms with van der Waals surface area (Å²) in [6.07, 6.45) is 2.46. The highest BCUT2D eigenvalue weighted by Crippen LogP contribution is 2.36. The number of benzene rings is 1. The van der Waals surface area contributed by atoms with Crippen molar-refractivity contribution in [2.24, 2.45) is 17.6 Å². The van der Waals surface area contributed by atoms with Crippen LogP contribution in [0.3, 0.4) is 0 Å². The monoisotopic (exact) mass is 345 g/mol. The highest BCUT2D eigenvalue weighted by molar-refractivity contribution is 6.00. The summed E-state index contributed by atoms with van der Waals surface area (Å²) >= 11 is 0. The lowest BCUT2D eigenvalue weighted by molar-refractivity contribution is -0.127. The van der Waals surface area contributed by atoms with Gasteiger partial charge < -0.3 is 25.4 Å². The lowest BCUT2D eigenvalue weighted by atomic mass is 10.1. The van der Waals surface area contributed by atoms with Crippen LogP contribution in [0.25, 0.3) is 0 Å². The molecule has 2 heterocycles. The number of carbonyl (C=O) groups is 2. The summed E-state index contributed by atoms with van der Waals surface area (Å²) < 4.78 is 11.1. The minimum atomic E-state index is -0.339. The summed E-state index contributed by atoms with van der Waals surface area (Å²) in [6.45, 7) is 1.85. The second-order valence-electron chi connectivity index (χ2n) is 6.92. The average molecular weight is 345 g/mol. The SMILES string of the molecule is NCC(NC(=O)C1CC(=O)N(c2ccc3c(c2)OCCO3)C1)C1CC1. The van der Waals surface area contributed by atoms with Gasteiger partial charge in [0.1, 0.15) is 13.2 Å². The van der Waals surface area contributed by atoms with Crippen molar-refractivity contribution < 1.29 is 19.1 Å². The third-order valence-electron chi connectivity index (χ3n) is 5.11. The maximum absolute atomic E-state index is 12.5. The Kier molecular flexibility index (Phi) is 4.25. The van der Waals surface area contributed by atoms with Crippen LogP contribution in [0, 0.1) is 11.8 Å². The quantitative estimate of drug-likeness (QED) is 0.818. The van der Waals surface area contributed by atoms with Crippen molar-refractivity contribution in [3.8, 4) is 11.5 Å². The van der Waals surface area contributed by atoms with Gasteiger partial charge in [0.2, 0.25) is 11.8 Å². The minimum absolute atomic E-state index is 0.0333. The summed E-state index contributed by atoms with van der Waals surface area (Å²) in [5, 5.41) is 3.03. The number of anilines is 1. The molecule has 2 amide bonds. The average Bonchev–Trinajstić information content (AvgIpc) is 3.40. The summed E-state index contributed by atoms with van der Waals surface area (Å²) in [4.78, 5) is 26.6. The van der Waals surface area contributed by atoms with Gasteiger partial charge in [-0.15, -0.1) is 0 Å². The Morgan fingerprint density at radius 2 is 2.04 bits per heavy atom. The third-order valence-corrected chi connectivity index (χ3v) is 5.11. The van der Waals surface area contributed by atoms with E-state index in [2.05, 4.69) is 5.32 Å². The van der Waals surface area contributed by atoms with E-state index in [-0.39, 0.29) is 30.2 Å². The lowest BCUT2D eigenvalue weighted by Crippen LogP contribution is -2.45. The van der Waals surface area contributed by atoms with E-state index in [0.717, 1.165) is 18.5 Å². The Morgan fingerprint density at radius 3 is 2.76 bits per heavy atom. The molecule has 1 aromatic carbocycles. The molecule has 3 aliphatic rings. The summed E-state index contributed by atoms with van der Waals surface area (Å²) in [7, 11) is 0. The zero-order valence-corrected chi connectivity index (χ0v) is 14.1. The van der Waals surface area contributed by atoms with Crippen molar-refractivity contribution in [1.29, 1.82) is 0 Å². The summed E-state index contributed by atoms with van der Waals surface area (Å²) in [5.74, 6) is 1.37. The molecule has 3 N–H and O–H groups in total. The van der Waals surface area contributed by atoms with Crippen LogP contribution in [0.4, 0.5) is 5.69 Å². The molecule has 1 aromatic rings. The summed E-state index contributed by atoms with van der Waals surface area (Å²) in [5.41, 5.74) is 6.49. The van der Waals surface area contributed by atoms with Gasteiger partial charge in [-0.05, 0) is 30.9 Å². The minimum Gasteiger partial charge on any atom is -0.486 e. The molecule has 1 saturated carbocycles. The number of ether oxygens (including phenoxy) is 2. The molecule has 0 bridgehead atoms. The van der Waals surface area contributed by atoms with Crippen LogP contribution in [0.15, 0.2) is 18.2 Å². The maximum atomic E-state index is 12.5. The Labute approximate surface area is 146 Å². The first kappa shape index (κ1) is 16.2. The van der Waals surface area contributed by atoms with Gasteiger partial charge in [0.15, 0.2) is 11.5 Å². The zero-order chi connectivity index (χ0) is 17.4. The zero-order valence-electron chi connectivity index (χ0n) is 14.1. The molecule has 2 fully saturated rings. The van der Waals surface area contributed by atoms with E-state index in [1.807, 2.05) is 12.1 Å². The van der Waals surface area contributed by atoms with E-state index in [9.17, 15) is 9.59 Å². The van der Waals surface area contributed by atoms with E-state index in [0.29, 0.717) is 43.7 Å². The Morgan fingerprint density at radius 1 is 1.28 bits per heavy atom. The Balaban J connectivity index is 1.44. The van der Waals surface area contributed by atoms with Gasteiger partial charge in [-0.2, -0.15) is 0 Å². The third kappa shape index (κ3) is 3.28. The van der Waals surface area contributed by atoms with Gasteiger partial charge in [0.25, 0.3) is 0 Å². The molecule has 0 aromatic heterocycles. The lowest BCUT2D eigenvalue weighted by Gasteiger charge is -2.22. The van der Waals surface area contributed by atoms with Crippen LogP contribution in [0.2, 0.25) is 0 Å². The number of amides is 2. The van der Waals surface area contributed by atoms with Gasteiger partial charge in [-0.1, -0.05) is 0 Å². The van der Waals surface area contributed by atoms with Crippen molar-refractivity contribution in [2.75, 3.05) is 31.2 Å². The Hall–Kier alpha value is -2.28. The second kappa shape index (κ2) is 6.55. The van der Waals surface area contributed by atoms with Crippen LogP contribution >= 0.6 is 0 Å². The van der Waals surface area contributed by atoms with Crippen LogP contribution in [0.5, 0.6) is 11.5 Å². The molecular weight excluding hydrogens is 322 g/mol. The van der Waals surface area contributed by atoms with Crippen LogP contribution in [-0.4, -0.2) is 44.2 Å². The molecule has 25 heavy (non-hydrogen) atoms. The number of nitrogens with two attached hydrogens (primary N) is 1. The standard InChI is InChI=1S/C18H23N3O4/c19-9-14(11-1-2-11)20-18(23)12-7-17(22)21(10-12)13-3-4-15-16(8-13)25-6-5-24-15/h3-4,8,11-12,14H,1-2,5-7,9-10,19H2,(H,20,23). The predicted octanol–water partition coefficient (Wildman–Crippen LogP) is 0.664. The van der Waals surface area contributed by atoms with Crippen molar-refractivity contribution in [3.05, 3.63) is 18.2 Å². The van der Waals surface area contributed by atoms with Crippen molar-refractivity contribution >= 4 is 17.5 Å². The number of hydrogen-bond acceptors (Lipinski definition) is 5. The van der Waals surface area contributed by atoms with Gasteiger partial charge in [0, 0.05) is 37.3 Å². The van der Waals surface area contributed by atoms with Crippen LogP contribution in [-0.2, 0) is 9.59 Å². The molecule has 7 heteroatoms. The molecule has 2 unspecified atom stereocenters. The molecular formula is C18H23N3O4. The molecule has 134 valence electrons. The number of carbonyl (C=O) groups excluding carboxylic acids is 2. The molecule has 0 spiro atoms. The molecule has 2 atom stereocenters. The van der Waals surface area contributed by atoms with Crippen LogP contribution in [0.1, 0.15) is 19.3 Å². The number of fused-ring (bicyclic) bond motifs is 1. The van der Waals surface area contributed by atoms with E-state index in [1.54, 1.807) is 11.0 Å². The van der Waals surface area contributed by atoms with E-state index >= 15 is 0 Å². The van der Waals surface area contributed by atoms with E-state index < -0.39 is 0 Å². The van der Waals surface area contributed by atoms with Gasteiger partial charge in [-0.25, -0.2) is 0 Å². The smallest absolute Gasteiger partial charge is 0.227 e. The predicted molar refractivity (Wildman–Crippen MR) is 91.6 cm³/mol. The largest absolute Gasteiger partial charge is 0.486 e. The fraction of sp³-hybridized carbons (Fsp3) is 0.556. The molecule has 2 aliphatic heterocycles. The first-order chi connectivity index (χ1) is 12.2. The molecule has 7 nitrogen and oxygen atoms in total. The van der Waals surface area contributed by atoms with Crippen molar-refractivity contribution in [1.82, 2.24) is 5.32 Å². The molecule has 1 saturated heterocycles. The van der Waals surface area contributed by atoms with Gasteiger partial charge >= 0.3 is 0 Å². The van der Waals surface area contributed by atoms with Crippen molar-refractivity contribution in [2.45, 2.75) is 25.3 Å². The first-order valence-electron chi connectivity index (χ1n) is 8.86. The van der Waals surface area contributed by atoms with Gasteiger partial charge in [-0.3, -0.25) is 9.59 Å². The number of nitrogens with one attached hydrogen (secondary N) is 1. The van der Waals surface area contributed by atoms with E-state index in [1.165, 1.54) is 0 Å². The second-order valence-corrected chi connectivity index (χ2v) is 6.92. The number of rotatable bonds is 5. The fourth-order valence-corrected chi connectivity index (χ4v) is 3.50. The fourth-order valence-electron chi connectivity index (χ4n) is 3.50. The maximum Gasteiger partial charge on any atom is 0.227 e. The molecule has 1 aliphatic carbocycles. The normalized spacial score (nSPS) is 23.5. The highest BCUT2D eigenvalue weighted by Gasteiger charge is 2.38. The first-order valence-corrected chi connectivity index (χ1v) is 8.86. The van der Waals surface area contributed by atoms with Crippen molar-refractivity contribution in [3.63, 3.8) is 0 Å². The van der Waals surface area contributed by atoms with Gasteiger partial charge in [0.05, 0.1) is 5.92 Å². The van der Waals surface area contributed by atoms with Crippen LogP contribution < -0.4 is 25.4 Å².